The van der Waals surface area contributed by atoms with Gasteiger partial charge in [0.25, 0.3) is 0 Å². The molecule has 1 unspecified atom stereocenters. The second-order valence-corrected chi connectivity index (χ2v) is 7.39. The Bertz CT molecular complexity index is 924. The number of Topliss-reactive ketones (excluding diaryl/α,β-unsaturated/α-hetero) is 1. The van der Waals surface area contributed by atoms with Gasteiger partial charge in [-0.2, -0.15) is 0 Å². The largest absolute Gasteiger partial charge is 0.449 e. The number of aliphatic hydroxyl groups excluding tert-OH is 1. The normalized spacial score (nSPS) is 22.3. The molecule has 0 radical (unpaired) electrons. The summed E-state index contributed by atoms with van der Waals surface area (Å²) >= 11 is 3.14. The molecule has 7 heteroatoms. The van der Waals surface area contributed by atoms with E-state index >= 15 is 0 Å². The number of carbonyl (C=O) groups is 2. The van der Waals surface area contributed by atoms with Gasteiger partial charge in [-0.25, -0.2) is 9.18 Å². The van der Waals surface area contributed by atoms with Crippen LogP contribution in [-0.2, 0) is 10.3 Å². The molecular formula is C19H15BrFNO4. The molecule has 2 aliphatic rings. The fourth-order valence-corrected chi connectivity index (χ4v) is 3.97. The molecule has 2 N–H and O–H groups in total. The molecule has 0 aliphatic carbocycles. The molecule has 5 nitrogen and oxygen atoms in total. The molecule has 2 aliphatic heterocycles. The van der Waals surface area contributed by atoms with E-state index in [1.54, 1.807) is 12.1 Å². The average molecular weight is 420 g/mol. The van der Waals surface area contributed by atoms with Crippen LogP contribution in [0.1, 0.15) is 44.4 Å². The van der Waals surface area contributed by atoms with Crippen molar-refractivity contribution >= 4 is 27.7 Å². The highest BCUT2D eigenvalue weighted by Gasteiger charge is 2.49. The molecule has 134 valence electrons. The predicted octanol–water partition coefficient (Wildman–Crippen LogP) is 2.86. The number of hydrogen-bond donors (Lipinski definition) is 2. The molecule has 2 heterocycles. The summed E-state index contributed by atoms with van der Waals surface area (Å²) in [5.41, 5.74) is -0.0543. The van der Waals surface area contributed by atoms with Gasteiger partial charge in [-0.05, 0) is 18.7 Å². The second-order valence-electron chi connectivity index (χ2n) is 6.47. The van der Waals surface area contributed by atoms with Gasteiger partial charge in [-0.1, -0.05) is 40.2 Å². The highest BCUT2D eigenvalue weighted by atomic mass is 79.9. The summed E-state index contributed by atoms with van der Waals surface area (Å²) in [5, 5.41) is 13.6. The minimum atomic E-state index is -1.71. The van der Waals surface area contributed by atoms with E-state index in [4.69, 9.17) is 4.74 Å². The Labute approximate surface area is 157 Å². The van der Waals surface area contributed by atoms with Crippen molar-refractivity contribution in [3.05, 3.63) is 68.9 Å². The van der Waals surface area contributed by atoms with Crippen LogP contribution >= 0.6 is 15.9 Å². The average Bonchev–Trinajstić information content (AvgIpc) is 3.19. The SMILES string of the molecule is O=C1O[C@]2(CCNC2)c2cccc(C(=O)C(O)c3ccc(Br)cc3F)c21. The van der Waals surface area contributed by atoms with Gasteiger partial charge in [0.2, 0.25) is 0 Å². The lowest BCUT2D eigenvalue weighted by molar-refractivity contribution is 0.00157. The summed E-state index contributed by atoms with van der Waals surface area (Å²) in [5.74, 6) is -2.02. The summed E-state index contributed by atoms with van der Waals surface area (Å²) in [6, 6.07) is 8.93. The maximum Gasteiger partial charge on any atom is 0.340 e. The number of benzene rings is 2. The molecule has 0 aromatic heterocycles. The van der Waals surface area contributed by atoms with Crippen LogP contribution in [0, 0.1) is 5.82 Å². The first-order chi connectivity index (χ1) is 12.4. The highest BCUT2D eigenvalue weighted by Crippen LogP contribution is 2.42. The topological polar surface area (TPSA) is 75.6 Å². The van der Waals surface area contributed by atoms with Gasteiger partial charge in [0.1, 0.15) is 11.9 Å². The van der Waals surface area contributed by atoms with Crippen molar-refractivity contribution in [3.8, 4) is 0 Å². The standard InChI is InChI=1S/C19H15BrFNO4/c20-10-4-5-11(14(21)8-10)16(23)17(24)12-2-1-3-13-15(12)18(25)26-19(13)6-7-22-9-19/h1-5,8,16,22-23H,6-7,9H2/t16?,19-/m0/s1. The van der Waals surface area contributed by atoms with Crippen molar-refractivity contribution in [3.63, 3.8) is 0 Å². The van der Waals surface area contributed by atoms with E-state index in [9.17, 15) is 19.1 Å². The Balaban J connectivity index is 1.76. The Morgan fingerprint density at radius 1 is 1.35 bits per heavy atom. The number of rotatable bonds is 3. The zero-order valence-corrected chi connectivity index (χ0v) is 15.2. The van der Waals surface area contributed by atoms with E-state index < -0.39 is 29.3 Å². The van der Waals surface area contributed by atoms with Crippen LogP contribution < -0.4 is 5.32 Å². The van der Waals surface area contributed by atoms with Crippen molar-refractivity contribution < 1.29 is 23.8 Å². The van der Waals surface area contributed by atoms with Gasteiger partial charge in [0.15, 0.2) is 11.4 Å². The lowest BCUT2D eigenvalue weighted by Crippen LogP contribution is -2.28. The number of halogens is 2. The summed E-state index contributed by atoms with van der Waals surface area (Å²) in [6.07, 6.45) is -1.09. The number of ketones is 1. The minimum absolute atomic E-state index is 0.0473. The molecule has 0 amide bonds. The zero-order chi connectivity index (χ0) is 18.5. The van der Waals surface area contributed by atoms with E-state index in [0.717, 1.165) is 0 Å². The first-order valence-corrected chi connectivity index (χ1v) is 8.97. The van der Waals surface area contributed by atoms with Crippen LogP contribution in [-0.4, -0.2) is 29.9 Å². The molecule has 0 bridgehead atoms. The number of esters is 1. The first-order valence-electron chi connectivity index (χ1n) is 8.18. The third-order valence-corrected chi connectivity index (χ3v) is 5.43. The van der Waals surface area contributed by atoms with E-state index in [1.165, 1.54) is 24.3 Å². The van der Waals surface area contributed by atoms with E-state index in [2.05, 4.69) is 21.2 Å². The van der Waals surface area contributed by atoms with Crippen molar-refractivity contribution in [2.45, 2.75) is 18.1 Å². The molecule has 2 atom stereocenters. The predicted molar refractivity (Wildman–Crippen MR) is 94.4 cm³/mol. The zero-order valence-electron chi connectivity index (χ0n) is 13.6. The van der Waals surface area contributed by atoms with Crippen LogP contribution in [0.15, 0.2) is 40.9 Å². The fraction of sp³-hybridized carbons (Fsp3) is 0.263. The molecule has 1 fully saturated rings. The quantitative estimate of drug-likeness (QED) is 0.590. The highest BCUT2D eigenvalue weighted by molar-refractivity contribution is 9.10. The molecule has 2 aromatic rings. The number of carbonyl (C=O) groups excluding carboxylic acids is 2. The summed E-state index contributed by atoms with van der Waals surface area (Å²) in [6.45, 7) is 1.19. The number of nitrogens with one attached hydrogen (secondary N) is 1. The van der Waals surface area contributed by atoms with Crippen LogP contribution in [0.25, 0.3) is 0 Å². The smallest absolute Gasteiger partial charge is 0.340 e. The first kappa shape index (κ1) is 17.3. The van der Waals surface area contributed by atoms with Crippen LogP contribution in [0.3, 0.4) is 0 Å². The Kier molecular flexibility index (Phi) is 4.17. The van der Waals surface area contributed by atoms with Gasteiger partial charge in [0, 0.05) is 34.1 Å². The van der Waals surface area contributed by atoms with Crippen LogP contribution in [0.2, 0.25) is 0 Å². The van der Waals surface area contributed by atoms with Crippen molar-refractivity contribution in [2.24, 2.45) is 0 Å². The molecule has 1 saturated heterocycles. The molecule has 4 rings (SSSR count). The Morgan fingerprint density at radius 3 is 2.85 bits per heavy atom. The number of hydrogen-bond acceptors (Lipinski definition) is 5. The number of aliphatic hydroxyl groups is 1. The van der Waals surface area contributed by atoms with Gasteiger partial charge >= 0.3 is 5.97 Å². The Morgan fingerprint density at radius 2 is 2.15 bits per heavy atom. The third kappa shape index (κ3) is 2.58. The number of fused-ring (bicyclic) bond motifs is 2. The summed E-state index contributed by atoms with van der Waals surface area (Å²) in [7, 11) is 0. The molecule has 2 aromatic carbocycles. The molecule has 1 spiro atoms. The molecule has 26 heavy (non-hydrogen) atoms. The van der Waals surface area contributed by atoms with Gasteiger partial charge in [-0.3, -0.25) is 4.79 Å². The fourth-order valence-electron chi connectivity index (χ4n) is 3.64. The van der Waals surface area contributed by atoms with Crippen LogP contribution in [0.4, 0.5) is 4.39 Å². The minimum Gasteiger partial charge on any atom is -0.449 e. The Hall–Kier alpha value is -2.09. The van der Waals surface area contributed by atoms with Gasteiger partial charge in [0.05, 0.1) is 5.56 Å². The maximum atomic E-state index is 14.1. The maximum absolute atomic E-state index is 14.1. The van der Waals surface area contributed by atoms with Crippen LogP contribution in [0.5, 0.6) is 0 Å². The third-order valence-electron chi connectivity index (χ3n) is 4.93. The summed E-state index contributed by atoms with van der Waals surface area (Å²) < 4.78 is 20.2. The molecular weight excluding hydrogens is 405 g/mol. The van der Waals surface area contributed by atoms with E-state index in [0.29, 0.717) is 29.5 Å². The van der Waals surface area contributed by atoms with Crippen molar-refractivity contribution in [1.82, 2.24) is 5.32 Å². The van der Waals surface area contributed by atoms with E-state index in [-0.39, 0.29) is 16.7 Å². The number of ether oxygens (including phenoxy) is 1. The van der Waals surface area contributed by atoms with Crippen molar-refractivity contribution in [2.75, 3.05) is 13.1 Å². The van der Waals surface area contributed by atoms with Gasteiger partial charge < -0.3 is 15.2 Å². The van der Waals surface area contributed by atoms with Gasteiger partial charge in [-0.15, -0.1) is 0 Å². The molecule has 0 saturated carbocycles. The lowest BCUT2D eigenvalue weighted by atomic mass is 9.87. The second kappa shape index (κ2) is 6.26. The summed E-state index contributed by atoms with van der Waals surface area (Å²) in [4.78, 5) is 25.3. The van der Waals surface area contributed by atoms with Crippen molar-refractivity contribution in [1.29, 1.82) is 0 Å². The van der Waals surface area contributed by atoms with E-state index in [1.807, 2.05) is 0 Å². The monoisotopic (exact) mass is 419 g/mol. The lowest BCUT2D eigenvalue weighted by Gasteiger charge is -2.21.